The first-order chi connectivity index (χ1) is 15.1. The van der Waals surface area contributed by atoms with Crippen molar-refractivity contribution in [2.45, 2.75) is 50.0 Å². The van der Waals surface area contributed by atoms with E-state index in [0.29, 0.717) is 16.5 Å². The molecule has 0 saturated carbocycles. The highest BCUT2D eigenvalue weighted by Gasteiger charge is 2.26. The molecular weight excluding hydrogens is 448 g/mol. The lowest BCUT2D eigenvalue weighted by atomic mass is 9.87. The number of halogens is 1. The van der Waals surface area contributed by atoms with Gasteiger partial charge in [0.1, 0.15) is 11.5 Å². The largest absolute Gasteiger partial charge is 0.311 e. The smallest absolute Gasteiger partial charge is 0.261 e. The molecule has 1 aromatic carbocycles. The zero-order valence-corrected chi connectivity index (χ0v) is 20.1. The quantitative estimate of drug-likeness (QED) is 0.578. The van der Waals surface area contributed by atoms with Crippen molar-refractivity contribution < 1.29 is 8.42 Å². The van der Waals surface area contributed by atoms with Crippen LogP contribution in [0.1, 0.15) is 51.0 Å². The molecular formula is C22H27ClN6O2S. The summed E-state index contributed by atoms with van der Waals surface area (Å²) in [6.07, 6.45) is 3.52. The summed E-state index contributed by atoms with van der Waals surface area (Å²) in [6, 6.07) is 8.52. The average molecular weight is 475 g/mol. The number of benzene rings is 1. The van der Waals surface area contributed by atoms with Crippen LogP contribution in [-0.2, 0) is 22.5 Å². The number of hydrogen-bond donors (Lipinski definition) is 2. The number of nitrogens with zero attached hydrogens (tertiary/aromatic N) is 4. The summed E-state index contributed by atoms with van der Waals surface area (Å²) in [5.41, 5.74) is 1.59. The predicted molar refractivity (Wildman–Crippen MR) is 125 cm³/mol. The molecule has 4 rings (SSSR count). The fourth-order valence-electron chi connectivity index (χ4n) is 3.79. The number of pyridine rings is 1. The van der Waals surface area contributed by atoms with Gasteiger partial charge in [-0.15, -0.1) is 10.2 Å². The van der Waals surface area contributed by atoms with E-state index in [9.17, 15) is 8.42 Å². The van der Waals surface area contributed by atoms with Crippen molar-refractivity contribution in [3.8, 4) is 11.5 Å². The molecule has 2 N–H and O–H groups in total. The maximum atomic E-state index is 13.1. The van der Waals surface area contributed by atoms with Crippen molar-refractivity contribution in [2.24, 2.45) is 7.05 Å². The van der Waals surface area contributed by atoms with Crippen molar-refractivity contribution >= 4 is 27.3 Å². The molecule has 3 aromatic rings. The normalized spacial score (nSPS) is 17.0. The zero-order valence-electron chi connectivity index (χ0n) is 18.6. The second-order valence-corrected chi connectivity index (χ2v) is 11.1. The van der Waals surface area contributed by atoms with E-state index in [1.165, 1.54) is 12.3 Å². The highest BCUT2D eigenvalue weighted by molar-refractivity contribution is 7.92. The Morgan fingerprint density at radius 3 is 2.53 bits per heavy atom. The molecule has 1 aliphatic rings. The van der Waals surface area contributed by atoms with Crippen LogP contribution in [0.2, 0.25) is 5.02 Å². The van der Waals surface area contributed by atoms with Gasteiger partial charge in [0.05, 0.1) is 21.6 Å². The molecule has 1 saturated heterocycles. The number of anilines is 1. The first-order valence-electron chi connectivity index (χ1n) is 10.5. The van der Waals surface area contributed by atoms with Gasteiger partial charge in [0.2, 0.25) is 0 Å². The minimum absolute atomic E-state index is 0.0726. The lowest BCUT2D eigenvalue weighted by Crippen LogP contribution is -2.18. The van der Waals surface area contributed by atoms with E-state index >= 15 is 0 Å². The molecule has 0 aliphatic carbocycles. The van der Waals surface area contributed by atoms with E-state index in [1.54, 1.807) is 12.1 Å². The minimum atomic E-state index is -3.86. The number of rotatable bonds is 5. The van der Waals surface area contributed by atoms with Crippen LogP contribution in [-0.4, -0.2) is 34.7 Å². The van der Waals surface area contributed by atoms with Crippen molar-refractivity contribution in [1.82, 2.24) is 25.1 Å². The van der Waals surface area contributed by atoms with Crippen LogP contribution >= 0.6 is 11.6 Å². The fourth-order valence-corrected chi connectivity index (χ4v) is 5.00. The Morgan fingerprint density at radius 1 is 1.19 bits per heavy atom. The third kappa shape index (κ3) is 4.51. The summed E-state index contributed by atoms with van der Waals surface area (Å²) in [7, 11) is -2.01. The lowest BCUT2D eigenvalue weighted by Gasteiger charge is -2.19. The number of sulfonamides is 1. The van der Waals surface area contributed by atoms with Crippen molar-refractivity contribution in [1.29, 1.82) is 0 Å². The molecule has 1 aliphatic heterocycles. The number of nitrogens with one attached hydrogen (secondary N) is 2. The molecule has 3 heterocycles. The van der Waals surface area contributed by atoms with E-state index in [2.05, 4.69) is 46.0 Å². The van der Waals surface area contributed by atoms with Gasteiger partial charge in [-0.3, -0.25) is 4.72 Å². The summed E-state index contributed by atoms with van der Waals surface area (Å²) in [6.45, 7) is 7.17. The second kappa shape index (κ2) is 8.46. The third-order valence-corrected chi connectivity index (χ3v) is 7.21. The van der Waals surface area contributed by atoms with Crippen LogP contribution < -0.4 is 10.0 Å². The standard InChI is InChI=1S/C22H27ClN6O2S/c1-22(2,3)14-7-9-16(10-8-14)32(30,31)28-18-12-15(23)13-25-19(18)21-27-26-20(29(21)4)17-6-5-11-24-17/h7-10,12-13,17,24,28H,5-6,11H2,1-4H3. The van der Waals surface area contributed by atoms with Gasteiger partial charge in [-0.1, -0.05) is 44.5 Å². The van der Waals surface area contributed by atoms with E-state index < -0.39 is 10.0 Å². The first-order valence-corrected chi connectivity index (χ1v) is 12.3. The topological polar surface area (TPSA) is 102 Å². The van der Waals surface area contributed by atoms with E-state index in [1.807, 2.05) is 23.7 Å². The van der Waals surface area contributed by atoms with E-state index in [0.717, 1.165) is 30.8 Å². The zero-order chi connectivity index (χ0) is 23.1. The summed E-state index contributed by atoms with van der Waals surface area (Å²) >= 11 is 6.15. The van der Waals surface area contributed by atoms with Crippen LogP contribution in [0.3, 0.4) is 0 Å². The maximum absolute atomic E-state index is 13.1. The van der Waals surface area contributed by atoms with Crippen molar-refractivity contribution in [2.75, 3.05) is 11.3 Å². The predicted octanol–water partition coefficient (Wildman–Crippen LogP) is 4.05. The van der Waals surface area contributed by atoms with Gasteiger partial charge < -0.3 is 9.88 Å². The van der Waals surface area contributed by atoms with Gasteiger partial charge >= 0.3 is 0 Å². The van der Waals surface area contributed by atoms with E-state index in [4.69, 9.17) is 11.6 Å². The average Bonchev–Trinajstić information content (AvgIpc) is 3.37. The Balaban J connectivity index is 1.69. The summed E-state index contributed by atoms with van der Waals surface area (Å²) < 4.78 is 30.7. The second-order valence-electron chi connectivity index (χ2n) is 9.02. The fraction of sp³-hybridized carbons (Fsp3) is 0.409. The number of hydrogen-bond acceptors (Lipinski definition) is 6. The Labute approximate surface area is 193 Å². The lowest BCUT2D eigenvalue weighted by molar-refractivity contribution is 0.578. The Bertz CT molecular complexity index is 1230. The third-order valence-electron chi connectivity index (χ3n) is 5.62. The molecule has 0 amide bonds. The Morgan fingerprint density at radius 2 is 1.91 bits per heavy atom. The van der Waals surface area contributed by atoms with Crippen LogP contribution in [0, 0.1) is 0 Å². The molecule has 1 atom stereocenters. The molecule has 32 heavy (non-hydrogen) atoms. The van der Waals surface area contributed by atoms with Crippen LogP contribution in [0.5, 0.6) is 0 Å². The first kappa shape index (κ1) is 22.7. The van der Waals surface area contributed by atoms with Gasteiger partial charge in [-0.25, -0.2) is 13.4 Å². The summed E-state index contributed by atoms with van der Waals surface area (Å²) in [5, 5.41) is 12.3. The Hall–Kier alpha value is -2.49. The van der Waals surface area contributed by atoms with Crippen molar-refractivity contribution in [3.63, 3.8) is 0 Å². The van der Waals surface area contributed by atoms with Crippen LogP contribution in [0.4, 0.5) is 5.69 Å². The van der Waals surface area contributed by atoms with Gasteiger partial charge in [-0.05, 0) is 48.6 Å². The molecule has 8 nitrogen and oxygen atoms in total. The molecule has 0 bridgehead atoms. The summed E-state index contributed by atoms with van der Waals surface area (Å²) in [5.74, 6) is 1.26. The SMILES string of the molecule is Cn1c(-c2ncc(Cl)cc2NS(=O)(=O)c2ccc(C(C)(C)C)cc2)nnc1C1CCCN1. The van der Waals surface area contributed by atoms with Gasteiger partial charge in [-0.2, -0.15) is 0 Å². The van der Waals surface area contributed by atoms with Gasteiger partial charge in [0, 0.05) is 13.2 Å². The Kier molecular flexibility index (Phi) is 6.00. The van der Waals surface area contributed by atoms with Crippen LogP contribution in [0.25, 0.3) is 11.5 Å². The number of aromatic nitrogens is 4. The van der Waals surface area contributed by atoms with Gasteiger partial charge in [0.15, 0.2) is 5.82 Å². The monoisotopic (exact) mass is 474 g/mol. The summed E-state index contributed by atoms with van der Waals surface area (Å²) in [4.78, 5) is 4.53. The molecule has 1 unspecified atom stereocenters. The van der Waals surface area contributed by atoms with Crippen molar-refractivity contribution in [3.05, 3.63) is 52.9 Å². The highest BCUT2D eigenvalue weighted by atomic mass is 35.5. The van der Waals surface area contributed by atoms with Crippen LogP contribution in [0.15, 0.2) is 41.4 Å². The maximum Gasteiger partial charge on any atom is 0.261 e. The minimum Gasteiger partial charge on any atom is -0.311 e. The van der Waals surface area contributed by atoms with Gasteiger partial charge in [0.25, 0.3) is 10.0 Å². The molecule has 1 fully saturated rings. The van der Waals surface area contributed by atoms with E-state index in [-0.39, 0.29) is 22.0 Å². The molecule has 0 radical (unpaired) electrons. The highest BCUT2D eigenvalue weighted by Crippen LogP contribution is 2.31. The molecule has 0 spiro atoms. The molecule has 170 valence electrons. The molecule has 2 aromatic heterocycles. The molecule has 10 heteroatoms.